The van der Waals surface area contributed by atoms with E-state index in [-0.39, 0.29) is 24.8 Å². The smallest absolute Gasteiger partial charge is 0.331 e. The summed E-state index contributed by atoms with van der Waals surface area (Å²) in [5, 5.41) is 13.5. The van der Waals surface area contributed by atoms with Crippen molar-refractivity contribution < 1.29 is 24.0 Å². The molecule has 0 radical (unpaired) electrons. The van der Waals surface area contributed by atoms with Gasteiger partial charge in [-0.2, -0.15) is 0 Å². The fourth-order valence-corrected chi connectivity index (χ4v) is 2.68. The number of benzene rings is 1. The van der Waals surface area contributed by atoms with E-state index in [9.17, 15) is 14.7 Å². The maximum atomic E-state index is 12.8. The molecule has 1 unspecified atom stereocenters. The molecule has 126 valence electrons. The standard InChI is InChI=1S/C17H18N2O5/c1-10(2)12-9-14(24-18-12)16(20)19-7-8-23-13-6-4-3-5-11(13)15(19)17(21)22/h3-6,9-10,15H,7-8H2,1-2H3,(H,21,22). The molecular weight excluding hydrogens is 312 g/mol. The van der Waals surface area contributed by atoms with Crippen LogP contribution in [0, 0.1) is 0 Å². The molecule has 1 N–H and O–H groups in total. The third kappa shape index (κ3) is 2.84. The average Bonchev–Trinajstić information content (AvgIpc) is 2.96. The Bertz CT molecular complexity index is 768. The van der Waals surface area contributed by atoms with Crippen LogP contribution in [0.3, 0.4) is 0 Å². The fraction of sp³-hybridized carbons (Fsp3) is 0.353. The first-order valence-electron chi connectivity index (χ1n) is 7.71. The second-order valence-electron chi connectivity index (χ2n) is 5.90. The van der Waals surface area contributed by atoms with Gasteiger partial charge in [0.1, 0.15) is 12.4 Å². The van der Waals surface area contributed by atoms with Gasteiger partial charge in [-0.1, -0.05) is 37.2 Å². The van der Waals surface area contributed by atoms with Gasteiger partial charge in [-0.15, -0.1) is 0 Å². The highest BCUT2D eigenvalue weighted by Gasteiger charge is 2.37. The van der Waals surface area contributed by atoms with Crippen LogP contribution in [-0.4, -0.2) is 40.2 Å². The molecule has 1 aromatic carbocycles. The van der Waals surface area contributed by atoms with Crippen molar-refractivity contribution in [1.29, 1.82) is 0 Å². The molecule has 1 aromatic heterocycles. The first-order chi connectivity index (χ1) is 11.5. The summed E-state index contributed by atoms with van der Waals surface area (Å²) in [6.45, 7) is 4.21. The summed E-state index contributed by atoms with van der Waals surface area (Å²) in [5.41, 5.74) is 1.09. The predicted octanol–water partition coefficient (Wildman–Crippen LogP) is 2.46. The summed E-state index contributed by atoms with van der Waals surface area (Å²) in [4.78, 5) is 25.9. The van der Waals surface area contributed by atoms with Gasteiger partial charge in [-0.3, -0.25) is 4.79 Å². The van der Waals surface area contributed by atoms with Gasteiger partial charge in [-0.05, 0) is 12.0 Å². The molecule has 1 amide bonds. The minimum Gasteiger partial charge on any atom is -0.491 e. The number of hydrogen-bond acceptors (Lipinski definition) is 5. The summed E-state index contributed by atoms with van der Waals surface area (Å²) < 4.78 is 10.7. The van der Waals surface area contributed by atoms with E-state index in [0.717, 1.165) is 0 Å². The van der Waals surface area contributed by atoms with Gasteiger partial charge >= 0.3 is 5.97 Å². The molecule has 0 saturated carbocycles. The third-order valence-electron chi connectivity index (χ3n) is 3.94. The summed E-state index contributed by atoms with van der Waals surface area (Å²) >= 11 is 0. The summed E-state index contributed by atoms with van der Waals surface area (Å²) in [6.07, 6.45) is 0. The number of ether oxygens (including phenoxy) is 1. The van der Waals surface area contributed by atoms with Crippen molar-refractivity contribution in [2.75, 3.05) is 13.2 Å². The van der Waals surface area contributed by atoms with Crippen molar-refractivity contribution in [2.24, 2.45) is 0 Å². The van der Waals surface area contributed by atoms with Gasteiger partial charge in [0.05, 0.1) is 12.2 Å². The molecule has 0 aliphatic carbocycles. The number of nitrogens with zero attached hydrogens (tertiary/aromatic N) is 2. The number of carboxylic acids is 1. The van der Waals surface area contributed by atoms with E-state index in [1.807, 2.05) is 13.8 Å². The number of amides is 1. The molecule has 7 heteroatoms. The first-order valence-corrected chi connectivity index (χ1v) is 7.71. The van der Waals surface area contributed by atoms with Crippen LogP contribution in [0.15, 0.2) is 34.9 Å². The highest BCUT2D eigenvalue weighted by atomic mass is 16.5. The normalized spacial score (nSPS) is 17.1. The van der Waals surface area contributed by atoms with Crippen LogP contribution in [0.2, 0.25) is 0 Å². The Balaban J connectivity index is 1.98. The number of para-hydroxylation sites is 1. The summed E-state index contributed by atoms with van der Waals surface area (Å²) in [6, 6.07) is 7.26. The molecule has 1 atom stereocenters. The third-order valence-corrected chi connectivity index (χ3v) is 3.94. The lowest BCUT2D eigenvalue weighted by molar-refractivity contribution is -0.142. The average molecular weight is 330 g/mol. The van der Waals surface area contributed by atoms with Crippen LogP contribution >= 0.6 is 0 Å². The van der Waals surface area contributed by atoms with Crippen molar-refractivity contribution >= 4 is 11.9 Å². The van der Waals surface area contributed by atoms with Gasteiger partial charge in [0, 0.05) is 11.6 Å². The van der Waals surface area contributed by atoms with E-state index in [4.69, 9.17) is 9.26 Å². The van der Waals surface area contributed by atoms with Crippen LogP contribution in [0.4, 0.5) is 0 Å². The molecule has 0 bridgehead atoms. The minimum atomic E-state index is -1.14. The minimum absolute atomic E-state index is 0.0318. The van der Waals surface area contributed by atoms with Gasteiger partial charge in [0.25, 0.3) is 5.91 Å². The van der Waals surface area contributed by atoms with Crippen molar-refractivity contribution in [3.63, 3.8) is 0 Å². The Labute approximate surface area is 138 Å². The molecule has 2 heterocycles. The highest BCUT2D eigenvalue weighted by Crippen LogP contribution is 2.33. The zero-order valence-electron chi connectivity index (χ0n) is 13.4. The number of aliphatic carboxylic acids is 1. The molecule has 1 aliphatic heterocycles. The Morgan fingerprint density at radius 1 is 1.33 bits per heavy atom. The Kier molecular flexibility index (Phi) is 4.24. The molecule has 24 heavy (non-hydrogen) atoms. The number of fused-ring (bicyclic) bond motifs is 1. The number of carbonyl (C=O) groups excluding carboxylic acids is 1. The largest absolute Gasteiger partial charge is 0.491 e. The molecule has 3 rings (SSSR count). The zero-order valence-corrected chi connectivity index (χ0v) is 13.4. The predicted molar refractivity (Wildman–Crippen MR) is 83.9 cm³/mol. The van der Waals surface area contributed by atoms with Crippen molar-refractivity contribution in [2.45, 2.75) is 25.8 Å². The zero-order chi connectivity index (χ0) is 17.3. The quantitative estimate of drug-likeness (QED) is 0.929. The van der Waals surface area contributed by atoms with Gasteiger partial charge in [-0.25, -0.2) is 4.79 Å². The van der Waals surface area contributed by atoms with E-state index in [1.165, 1.54) is 4.90 Å². The van der Waals surface area contributed by atoms with Crippen LogP contribution in [0.5, 0.6) is 5.75 Å². The van der Waals surface area contributed by atoms with Crippen LogP contribution in [0.25, 0.3) is 0 Å². The van der Waals surface area contributed by atoms with E-state index in [0.29, 0.717) is 17.0 Å². The second-order valence-corrected chi connectivity index (χ2v) is 5.90. The lowest BCUT2D eigenvalue weighted by atomic mass is 10.0. The van der Waals surface area contributed by atoms with Crippen LogP contribution in [0.1, 0.15) is 47.6 Å². The fourth-order valence-electron chi connectivity index (χ4n) is 2.68. The Hall–Kier alpha value is -2.83. The van der Waals surface area contributed by atoms with E-state index in [1.54, 1.807) is 30.3 Å². The molecule has 0 spiro atoms. The maximum absolute atomic E-state index is 12.8. The topological polar surface area (TPSA) is 92.9 Å². The molecular formula is C17H18N2O5. The second kappa shape index (κ2) is 6.35. The lowest BCUT2D eigenvalue weighted by Gasteiger charge is -2.25. The summed E-state index contributed by atoms with van der Waals surface area (Å²) in [7, 11) is 0. The van der Waals surface area contributed by atoms with E-state index < -0.39 is 17.9 Å². The molecule has 0 saturated heterocycles. The van der Waals surface area contributed by atoms with Crippen molar-refractivity contribution in [3.05, 3.63) is 47.3 Å². The van der Waals surface area contributed by atoms with Crippen LogP contribution in [-0.2, 0) is 4.79 Å². The van der Waals surface area contributed by atoms with Crippen molar-refractivity contribution in [1.82, 2.24) is 10.1 Å². The van der Waals surface area contributed by atoms with Gasteiger partial charge in [0.15, 0.2) is 6.04 Å². The molecule has 7 nitrogen and oxygen atoms in total. The van der Waals surface area contributed by atoms with Gasteiger partial charge in [0.2, 0.25) is 5.76 Å². The lowest BCUT2D eigenvalue weighted by Crippen LogP contribution is -2.39. The maximum Gasteiger partial charge on any atom is 0.331 e. The monoisotopic (exact) mass is 330 g/mol. The number of aromatic nitrogens is 1. The van der Waals surface area contributed by atoms with Gasteiger partial charge < -0.3 is 19.3 Å². The van der Waals surface area contributed by atoms with Crippen molar-refractivity contribution in [3.8, 4) is 5.75 Å². The number of hydrogen-bond donors (Lipinski definition) is 1. The van der Waals surface area contributed by atoms with E-state index in [2.05, 4.69) is 5.16 Å². The molecule has 2 aromatic rings. The molecule has 1 aliphatic rings. The van der Waals surface area contributed by atoms with E-state index >= 15 is 0 Å². The SMILES string of the molecule is CC(C)c1cc(C(=O)N2CCOc3ccccc3C2C(=O)O)on1. The number of carboxylic acid groups (broad SMARTS) is 1. The Morgan fingerprint density at radius 2 is 2.08 bits per heavy atom. The first kappa shape index (κ1) is 16.0. The van der Waals surface area contributed by atoms with Crippen LogP contribution < -0.4 is 4.74 Å². The highest BCUT2D eigenvalue weighted by molar-refractivity contribution is 5.95. The number of rotatable bonds is 3. The summed E-state index contributed by atoms with van der Waals surface area (Å²) in [5.74, 6) is -1.02. The Morgan fingerprint density at radius 3 is 2.75 bits per heavy atom. The number of carbonyl (C=O) groups is 2. The molecule has 0 fully saturated rings.